The number of likely N-dealkylation sites (tertiary alicyclic amines) is 2. The highest BCUT2D eigenvalue weighted by molar-refractivity contribution is 5.77. The van der Waals surface area contributed by atoms with Crippen LogP contribution in [0, 0.1) is 5.92 Å². The number of amides is 1. The molecule has 0 aromatic carbocycles. The number of hydrogen-bond donors (Lipinski definition) is 0. The molecule has 2 fully saturated rings. The molecule has 1 aromatic heterocycles. The number of carbonyl (C=O) groups is 1. The molecule has 0 atom stereocenters. The molecule has 0 bridgehead atoms. The lowest BCUT2D eigenvalue weighted by Gasteiger charge is -2.40. The Kier molecular flexibility index (Phi) is 5.99. The van der Waals surface area contributed by atoms with Gasteiger partial charge in [0.1, 0.15) is 0 Å². The topological polar surface area (TPSA) is 28.5 Å². The van der Waals surface area contributed by atoms with Crippen molar-refractivity contribution < 1.29 is 4.79 Å². The lowest BCUT2D eigenvalue weighted by Crippen LogP contribution is -2.48. The van der Waals surface area contributed by atoms with Crippen LogP contribution in [0.15, 0.2) is 18.3 Å². The monoisotopic (exact) mass is 331 g/mol. The second kappa shape index (κ2) is 8.19. The Bertz CT molecular complexity index is 529. The van der Waals surface area contributed by atoms with Crippen LogP contribution < -0.4 is 0 Å². The average molecular weight is 332 g/mol. The molecule has 0 spiro atoms. The third-order valence-electron chi connectivity index (χ3n) is 5.61. The van der Waals surface area contributed by atoms with E-state index in [4.69, 9.17) is 0 Å². The molecule has 2 saturated heterocycles. The highest BCUT2D eigenvalue weighted by Crippen LogP contribution is 2.23. The van der Waals surface area contributed by atoms with Gasteiger partial charge in [0.25, 0.3) is 0 Å². The first-order chi connectivity index (χ1) is 11.6. The normalized spacial score (nSPS) is 21.0. The fourth-order valence-corrected chi connectivity index (χ4v) is 4.04. The number of nitrogens with zero attached hydrogens (tertiary/aromatic N) is 3. The Labute approximate surface area is 146 Å². The van der Waals surface area contributed by atoms with Crippen molar-refractivity contribution in [3.63, 3.8) is 0 Å². The SMILES string of the molecule is CC(C)CCn1cccc1CN1CCC(N2CCCCC2=O)CC1. The summed E-state index contributed by atoms with van der Waals surface area (Å²) < 4.78 is 2.42. The summed E-state index contributed by atoms with van der Waals surface area (Å²) in [6, 6.07) is 4.93. The molecule has 134 valence electrons. The molecule has 0 aliphatic carbocycles. The van der Waals surface area contributed by atoms with Crippen LogP contribution in [0.25, 0.3) is 0 Å². The summed E-state index contributed by atoms with van der Waals surface area (Å²) in [4.78, 5) is 16.8. The quantitative estimate of drug-likeness (QED) is 0.798. The Morgan fingerprint density at radius 2 is 1.96 bits per heavy atom. The van der Waals surface area contributed by atoms with Crippen molar-refractivity contribution in [2.24, 2.45) is 5.92 Å². The second-order valence-corrected chi connectivity index (χ2v) is 7.93. The van der Waals surface area contributed by atoms with Crippen LogP contribution in [0.5, 0.6) is 0 Å². The smallest absolute Gasteiger partial charge is 0.222 e. The van der Waals surface area contributed by atoms with Gasteiger partial charge in [0.2, 0.25) is 5.91 Å². The first-order valence-corrected chi connectivity index (χ1v) is 9.79. The van der Waals surface area contributed by atoms with Crippen molar-refractivity contribution in [1.29, 1.82) is 0 Å². The molecule has 24 heavy (non-hydrogen) atoms. The van der Waals surface area contributed by atoms with Crippen LogP contribution in [0.4, 0.5) is 0 Å². The molecule has 4 heteroatoms. The maximum absolute atomic E-state index is 12.1. The third-order valence-corrected chi connectivity index (χ3v) is 5.61. The molecule has 1 aromatic rings. The highest BCUT2D eigenvalue weighted by atomic mass is 16.2. The van der Waals surface area contributed by atoms with E-state index in [1.54, 1.807) is 0 Å². The Morgan fingerprint density at radius 3 is 2.67 bits per heavy atom. The Hall–Kier alpha value is -1.29. The van der Waals surface area contributed by atoms with Crippen molar-refractivity contribution in [3.05, 3.63) is 24.0 Å². The Balaban J connectivity index is 1.49. The zero-order valence-electron chi connectivity index (χ0n) is 15.4. The summed E-state index contributed by atoms with van der Waals surface area (Å²) in [5.41, 5.74) is 1.43. The number of carbonyl (C=O) groups excluding carboxylic acids is 1. The van der Waals surface area contributed by atoms with Crippen LogP contribution in [-0.2, 0) is 17.9 Å². The van der Waals surface area contributed by atoms with Gasteiger partial charge in [0.05, 0.1) is 0 Å². The van der Waals surface area contributed by atoms with Crippen molar-refractivity contribution in [2.45, 2.75) is 71.5 Å². The van der Waals surface area contributed by atoms with Gasteiger partial charge in [-0.25, -0.2) is 0 Å². The van der Waals surface area contributed by atoms with Gasteiger partial charge >= 0.3 is 0 Å². The van der Waals surface area contributed by atoms with E-state index >= 15 is 0 Å². The van der Waals surface area contributed by atoms with Gasteiger partial charge in [0, 0.05) is 57.1 Å². The van der Waals surface area contributed by atoms with Crippen LogP contribution in [0.1, 0.15) is 58.1 Å². The van der Waals surface area contributed by atoms with E-state index in [1.165, 1.54) is 18.5 Å². The Morgan fingerprint density at radius 1 is 1.17 bits per heavy atom. The van der Waals surface area contributed by atoms with Gasteiger partial charge in [0.15, 0.2) is 0 Å². The average Bonchev–Trinajstić information content (AvgIpc) is 3.01. The summed E-state index contributed by atoms with van der Waals surface area (Å²) in [7, 11) is 0. The molecule has 0 saturated carbocycles. The molecule has 4 nitrogen and oxygen atoms in total. The maximum atomic E-state index is 12.1. The minimum Gasteiger partial charge on any atom is -0.350 e. The number of hydrogen-bond acceptors (Lipinski definition) is 2. The van der Waals surface area contributed by atoms with Gasteiger partial charge in [-0.3, -0.25) is 9.69 Å². The van der Waals surface area contributed by atoms with Crippen molar-refractivity contribution in [3.8, 4) is 0 Å². The van der Waals surface area contributed by atoms with Crippen LogP contribution in [0.2, 0.25) is 0 Å². The van der Waals surface area contributed by atoms with E-state index in [0.717, 1.165) is 64.3 Å². The zero-order chi connectivity index (χ0) is 16.9. The van der Waals surface area contributed by atoms with Gasteiger partial charge in [-0.2, -0.15) is 0 Å². The summed E-state index contributed by atoms with van der Waals surface area (Å²) in [6.45, 7) is 9.96. The van der Waals surface area contributed by atoms with Gasteiger partial charge in [-0.05, 0) is 50.2 Å². The molecule has 0 N–H and O–H groups in total. The van der Waals surface area contributed by atoms with E-state index in [0.29, 0.717) is 11.9 Å². The fourth-order valence-electron chi connectivity index (χ4n) is 4.04. The molecular formula is C20H33N3O. The summed E-state index contributed by atoms with van der Waals surface area (Å²) in [5, 5.41) is 0. The predicted octanol–water partition coefficient (Wildman–Crippen LogP) is 3.51. The molecule has 3 heterocycles. The van der Waals surface area contributed by atoms with Crippen molar-refractivity contribution in [1.82, 2.24) is 14.4 Å². The number of aryl methyl sites for hydroxylation is 1. The standard InChI is InChI=1S/C20H33N3O/c1-17(2)8-15-22-11-5-6-19(22)16-21-13-9-18(10-14-21)23-12-4-3-7-20(23)24/h5-6,11,17-18H,3-4,7-10,12-16H2,1-2H3. The largest absolute Gasteiger partial charge is 0.350 e. The van der Waals surface area contributed by atoms with Gasteiger partial charge in [-0.1, -0.05) is 13.8 Å². The first-order valence-electron chi connectivity index (χ1n) is 9.79. The van der Waals surface area contributed by atoms with Crippen molar-refractivity contribution >= 4 is 5.91 Å². The maximum Gasteiger partial charge on any atom is 0.222 e. The first kappa shape index (κ1) is 17.5. The molecule has 0 radical (unpaired) electrons. The van der Waals surface area contributed by atoms with E-state index < -0.39 is 0 Å². The van der Waals surface area contributed by atoms with E-state index in [1.807, 2.05) is 0 Å². The van der Waals surface area contributed by atoms with Gasteiger partial charge in [-0.15, -0.1) is 0 Å². The summed E-state index contributed by atoms with van der Waals surface area (Å²) in [5.74, 6) is 1.14. The van der Waals surface area contributed by atoms with E-state index in [-0.39, 0.29) is 0 Å². The zero-order valence-corrected chi connectivity index (χ0v) is 15.4. The molecule has 1 amide bonds. The molecule has 3 rings (SSSR count). The lowest BCUT2D eigenvalue weighted by atomic mass is 9.99. The molecule has 2 aliphatic heterocycles. The number of rotatable bonds is 6. The van der Waals surface area contributed by atoms with Crippen LogP contribution >= 0.6 is 0 Å². The van der Waals surface area contributed by atoms with Gasteiger partial charge < -0.3 is 9.47 Å². The number of aromatic nitrogens is 1. The molecule has 2 aliphatic rings. The fraction of sp³-hybridized carbons (Fsp3) is 0.750. The second-order valence-electron chi connectivity index (χ2n) is 7.93. The van der Waals surface area contributed by atoms with Crippen molar-refractivity contribution in [2.75, 3.05) is 19.6 Å². The van der Waals surface area contributed by atoms with Crippen LogP contribution in [-0.4, -0.2) is 46.0 Å². The summed E-state index contributed by atoms with van der Waals surface area (Å²) >= 11 is 0. The lowest BCUT2D eigenvalue weighted by molar-refractivity contribution is -0.136. The van der Waals surface area contributed by atoms with Crippen LogP contribution in [0.3, 0.4) is 0 Å². The third kappa shape index (κ3) is 4.41. The minimum absolute atomic E-state index is 0.391. The highest BCUT2D eigenvalue weighted by Gasteiger charge is 2.29. The van der Waals surface area contributed by atoms with E-state index in [9.17, 15) is 4.79 Å². The summed E-state index contributed by atoms with van der Waals surface area (Å²) in [6.07, 6.45) is 8.77. The predicted molar refractivity (Wildman–Crippen MR) is 97.8 cm³/mol. The van der Waals surface area contributed by atoms with E-state index in [2.05, 4.69) is 46.5 Å². The number of piperidine rings is 2. The minimum atomic E-state index is 0.391. The molecular weight excluding hydrogens is 298 g/mol. The molecule has 0 unspecified atom stereocenters.